The summed E-state index contributed by atoms with van der Waals surface area (Å²) in [7, 11) is -3.80. The summed E-state index contributed by atoms with van der Waals surface area (Å²) < 4.78 is 34.1. The Kier molecular flexibility index (Phi) is 6.46. The average molecular weight is 443 g/mol. The summed E-state index contributed by atoms with van der Waals surface area (Å²) in [6.45, 7) is 4.89. The predicted molar refractivity (Wildman–Crippen MR) is 120 cm³/mol. The van der Waals surface area contributed by atoms with E-state index in [1.54, 1.807) is 24.3 Å². The monoisotopic (exact) mass is 442 g/mol. The highest BCUT2D eigenvalue weighted by atomic mass is 32.2. The molecule has 2 aromatic rings. The molecule has 7 heteroatoms. The first-order valence-electron chi connectivity index (χ1n) is 10.9. The van der Waals surface area contributed by atoms with Crippen molar-refractivity contribution in [3.05, 3.63) is 60.2 Å². The van der Waals surface area contributed by atoms with Crippen LogP contribution in [0.5, 0.6) is 5.75 Å². The van der Waals surface area contributed by atoms with Crippen molar-refractivity contribution in [2.75, 3.05) is 39.3 Å². The number of para-hydroxylation sites is 1. The third kappa shape index (κ3) is 5.00. The number of ether oxygens (including phenoxy) is 1. The molecular weight excluding hydrogens is 412 g/mol. The van der Waals surface area contributed by atoms with E-state index in [4.69, 9.17) is 4.74 Å². The van der Waals surface area contributed by atoms with E-state index in [2.05, 4.69) is 29.2 Å². The molecule has 31 heavy (non-hydrogen) atoms. The molecule has 2 aromatic carbocycles. The molecule has 0 radical (unpaired) electrons. The molecule has 0 amide bonds. The molecule has 0 saturated carbocycles. The quantitative estimate of drug-likeness (QED) is 0.712. The van der Waals surface area contributed by atoms with Crippen LogP contribution < -0.4 is 4.74 Å². The van der Waals surface area contributed by atoms with Crippen molar-refractivity contribution in [2.45, 2.75) is 31.1 Å². The first-order valence-corrected chi connectivity index (χ1v) is 12.3. The lowest BCUT2D eigenvalue weighted by atomic mass is 9.78. The van der Waals surface area contributed by atoms with Crippen LogP contribution in [0.25, 0.3) is 0 Å². The summed E-state index contributed by atoms with van der Waals surface area (Å²) in [5.74, 6) is 0.222. The molecule has 0 atom stereocenters. The van der Waals surface area contributed by atoms with Crippen LogP contribution in [0, 0.1) is 5.41 Å². The molecule has 1 fully saturated rings. The number of Topliss-reactive ketones (excluding diaryl/α,β-unsaturated/α-hetero) is 1. The van der Waals surface area contributed by atoms with Crippen LogP contribution in [0.3, 0.4) is 0 Å². The topological polar surface area (TPSA) is 66.9 Å². The molecule has 0 bridgehead atoms. The number of carbonyl (C=O) groups is 1. The first-order chi connectivity index (χ1) is 14.9. The van der Waals surface area contributed by atoms with Crippen LogP contribution >= 0.6 is 0 Å². The summed E-state index contributed by atoms with van der Waals surface area (Å²) in [5.41, 5.74) is 1.03. The van der Waals surface area contributed by atoms with Crippen LogP contribution in [0.1, 0.15) is 25.3 Å². The number of benzene rings is 2. The number of nitrogens with zero attached hydrogens (tertiary/aromatic N) is 2. The molecule has 0 aliphatic carbocycles. The van der Waals surface area contributed by atoms with Gasteiger partial charge in [0.2, 0.25) is 10.0 Å². The summed E-state index contributed by atoms with van der Waals surface area (Å²) >= 11 is 0. The van der Waals surface area contributed by atoms with Crippen LogP contribution in [0.15, 0.2) is 59.5 Å². The molecule has 6 nitrogen and oxygen atoms in total. The average Bonchev–Trinajstić information content (AvgIpc) is 2.77. The molecular formula is C24H30N2O4S. The third-order valence-electron chi connectivity index (χ3n) is 6.39. The number of carbonyl (C=O) groups excluding carboxylic acids is 1. The lowest BCUT2D eigenvalue weighted by molar-refractivity contribution is -0.117. The van der Waals surface area contributed by atoms with Crippen LogP contribution in [0.2, 0.25) is 0 Å². The minimum Gasteiger partial charge on any atom is -0.492 e. The van der Waals surface area contributed by atoms with E-state index in [1.807, 2.05) is 6.07 Å². The molecule has 0 unspecified atom stereocenters. The summed E-state index contributed by atoms with van der Waals surface area (Å²) in [6.07, 6.45) is 2.68. The van der Waals surface area contributed by atoms with E-state index in [0.29, 0.717) is 18.9 Å². The van der Waals surface area contributed by atoms with E-state index >= 15 is 0 Å². The fourth-order valence-electron chi connectivity index (χ4n) is 4.53. The maximum absolute atomic E-state index is 13.3. The number of sulfonamides is 1. The molecule has 2 heterocycles. The molecule has 2 aliphatic rings. The van der Waals surface area contributed by atoms with Crippen LogP contribution in [-0.2, 0) is 21.2 Å². The van der Waals surface area contributed by atoms with Gasteiger partial charge in [-0.1, -0.05) is 42.5 Å². The standard InChI is InChI=1S/C24H30N2O4S/c1-20(27)17-26-18-24(19-30-22-9-5-6-10-23(22)31(26,28)29)12-15-25(16-13-24)14-11-21-7-3-2-4-8-21/h2-10H,11-19H2,1H3. The summed E-state index contributed by atoms with van der Waals surface area (Å²) in [6, 6.07) is 17.2. The Morgan fingerprint density at radius 1 is 1.03 bits per heavy atom. The van der Waals surface area contributed by atoms with Crippen molar-refractivity contribution in [1.82, 2.24) is 9.21 Å². The number of hydrogen-bond acceptors (Lipinski definition) is 5. The van der Waals surface area contributed by atoms with E-state index in [9.17, 15) is 13.2 Å². The van der Waals surface area contributed by atoms with Crippen LogP contribution in [-0.4, -0.2) is 62.7 Å². The molecule has 0 aromatic heterocycles. The zero-order valence-corrected chi connectivity index (χ0v) is 18.8. The van der Waals surface area contributed by atoms with Crippen molar-refractivity contribution >= 4 is 15.8 Å². The predicted octanol–water partition coefficient (Wildman–Crippen LogP) is 2.98. The van der Waals surface area contributed by atoms with Crippen LogP contribution in [0.4, 0.5) is 0 Å². The van der Waals surface area contributed by atoms with Crippen molar-refractivity contribution in [1.29, 1.82) is 0 Å². The van der Waals surface area contributed by atoms with Gasteiger partial charge in [0.25, 0.3) is 0 Å². The van der Waals surface area contributed by atoms with Gasteiger partial charge in [0, 0.05) is 18.5 Å². The van der Waals surface area contributed by atoms with Gasteiger partial charge >= 0.3 is 0 Å². The summed E-state index contributed by atoms with van der Waals surface area (Å²) in [5, 5.41) is 0. The van der Waals surface area contributed by atoms with Gasteiger partial charge in [-0.3, -0.25) is 4.79 Å². The van der Waals surface area contributed by atoms with E-state index in [0.717, 1.165) is 38.9 Å². The van der Waals surface area contributed by atoms with Gasteiger partial charge in [-0.05, 0) is 57.0 Å². The normalized spacial score (nSPS) is 20.9. The van der Waals surface area contributed by atoms with Gasteiger partial charge in [-0.25, -0.2) is 8.42 Å². The molecule has 166 valence electrons. The van der Waals surface area contributed by atoms with E-state index in [1.165, 1.54) is 16.8 Å². The second kappa shape index (κ2) is 9.10. The van der Waals surface area contributed by atoms with E-state index < -0.39 is 10.0 Å². The Labute approximate surface area is 184 Å². The van der Waals surface area contributed by atoms with Gasteiger partial charge in [-0.2, -0.15) is 4.31 Å². The minimum atomic E-state index is -3.80. The number of likely N-dealkylation sites (tertiary alicyclic amines) is 1. The van der Waals surface area contributed by atoms with Gasteiger partial charge < -0.3 is 9.64 Å². The highest BCUT2D eigenvalue weighted by molar-refractivity contribution is 7.89. The molecule has 0 N–H and O–H groups in total. The lowest BCUT2D eigenvalue weighted by Gasteiger charge is -2.44. The van der Waals surface area contributed by atoms with E-state index in [-0.39, 0.29) is 22.6 Å². The smallest absolute Gasteiger partial charge is 0.247 e. The third-order valence-corrected chi connectivity index (χ3v) is 8.22. The number of ketones is 1. The van der Waals surface area contributed by atoms with Crippen molar-refractivity contribution in [3.8, 4) is 5.75 Å². The summed E-state index contributed by atoms with van der Waals surface area (Å²) in [4.78, 5) is 14.5. The Bertz CT molecular complexity index is 1010. The van der Waals surface area contributed by atoms with Gasteiger partial charge in [0.05, 0.1) is 13.2 Å². The maximum Gasteiger partial charge on any atom is 0.247 e. The van der Waals surface area contributed by atoms with Gasteiger partial charge in [0.1, 0.15) is 16.4 Å². The number of fused-ring (bicyclic) bond motifs is 1. The second-order valence-electron chi connectivity index (χ2n) is 8.79. The molecule has 1 spiro atoms. The fraction of sp³-hybridized carbons (Fsp3) is 0.458. The van der Waals surface area contributed by atoms with Gasteiger partial charge in [0.15, 0.2) is 0 Å². The fourth-order valence-corrected chi connectivity index (χ4v) is 6.24. The highest BCUT2D eigenvalue weighted by Gasteiger charge is 2.43. The number of hydrogen-bond donors (Lipinski definition) is 0. The highest BCUT2D eigenvalue weighted by Crippen LogP contribution is 2.39. The Morgan fingerprint density at radius 3 is 2.42 bits per heavy atom. The SMILES string of the molecule is CC(=O)CN1CC2(CCN(CCc3ccccc3)CC2)COc2ccccc2S1(=O)=O. The van der Waals surface area contributed by atoms with Crippen molar-refractivity contribution in [3.63, 3.8) is 0 Å². The zero-order chi connectivity index (χ0) is 21.9. The zero-order valence-electron chi connectivity index (χ0n) is 18.0. The Balaban J connectivity index is 1.50. The lowest BCUT2D eigenvalue weighted by Crippen LogP contribution is -2.52. The Hall–Kier alpha value is -2.22. The minimum absolute atomic E-state index is 0.101. The van der Waals surface area contributed by atoms with Crippen molar-refractivity contribution < 1.29 is 17.9 Å². The molecule has 2 aliphatic heterocycles. The maximum atomic E-state index is 13.3. The molecule has 1 saturated heterocycles. The molecule has 4 rings (SSSR count). The number of piperidine rings is 1. The largest absolute Gasteiger partial charge is 0.492 e. The Morgan fingerprint density at radius 2 is 1.71 bits per heavy atom. The van der Waals surface area contributed by atoms with Gasteiger partial charge in [-0.15, -0.1) is 0 Å². The number of rotatable bonds is 5. The second-order valence-corrected chi connectivity index (χ2v) is 10.7. The first kappa shape index (κ1) is 22.0. The van der Waals surface area contributed by atoms with Crippen molar-refractivity contribution in [2.24, 2.45) is 5.41 Å².